The van der Waals surface area contributed by atoms with E-state index >= 15 is 0 Å². The summed E-state index contributed by atoms with van der Waals surface area (Å²) in [6.07, 6.45) is 1.86. The molecule has 0 fully saturated rings. The summed E-state index contributed by atoms with van der Waals surface area (Å²) < 4.78 is 5.60. The van der Waals surface area contributed by atoms with Gasteiger partial charge in [0, 0.05) is 11.8 Å². The minimum atomic E-state index is -0.449. The predicted molar refractivity (Wildman–Crippen MR) is 115 cm³/mol. The van der Waals surface area contributed by atoms with Gasteiger partial charge in [-0.3, -0.25) is 9.59 Å². The zero-order valence-electron chi connectivity index (χ0n) is 16.7. The van der Waals surface area contributed by atoms with Crippen molar-refractivity contribution >= 4 is 17.5 Å². The van der Waals surface area contributed by atoms with Crippen molar-refractivity contribution in [2.24, 2.45) is 0 Å². The molecule has 0 saturated heterocycles. The highest BCUT2D eigenvalue weighted by Crippen LogP contribution is 2.31. The van der Waals surface area contributed by atoms with E-state index in [-0.39, 0.29) is 18.2 Å². The lowest BCUT2D eigenvalue weighted by molar-refractivity contribution is -0.119. The third kappa shape index (κ3) is 4.33. The van der Waals surface area contributed by atoms with Gasteiger partial charge in [-0.2, -0.15) is 0 Å². The summed E-state index contributed by atoms with van der Waals surface area (Å²) in [5.74, 6) is 0.163. The Kier molecular flexibility index (Phi) is 5.75. The van der Waals surface area contributed by atoms with Crippen molar-refractivity contribution in [3.05, 3.63) is 89.6 Å². The van der Waals surface area contributed by atoms with Crippen LogP contribution in [0.15, 0.2) is 72.9 Å². The molecule has 0 radical (unpaired) electrons. The van der Waals surface area contributed by atoms with Gasteiger partial charge in [0.25, 0.3) is 5.91 Å². The number of nitrogens with zero attached hydrogens (tertiary/aromatic N) is 2. The van der Waals surface area contributed by atoms with Gasteiger partial charge in [-0.05, 0) is 36.2 Å². The number of amides is 2. The molecule has 2 heterocycles. The Hall–Kier alpha value is -3.67. The van der Waals surface area contributed by atoms with Gasteiger partial charge in [0.15, 0.2) is 0 Å². The molecule has 0 saturated carbocycles. The topological polar surface area (TPSA) is 71.5 Å². The molecule has 0 aliphatic carbocycles. The van der Waals surface area contributed by atoms with E-state index in [9.17, 15) is 9.59 Å². The lowest BCUT2D eigenvalue weighted by Crippen LogP contribution is -2.41. The first-order chi connectivity index (χ1) is 14.6. The van der Waals surface area contributed by atoms with Crippen LogP contribution in [-0.2, 0) is 4.79 Å². The van der Waals surface area contributed by atoms with Crippen LogP contribution in [0.4, 0.5) is 5.69 Å². The summed E-state index contributed by atoms with van der Waals surface area (Å²) in [6, 6.07) is 20.0. The highest BCUT2D eigenvalue weighted by Gasteiger charge is 2.28. The van der Waals surface area contributed by atoms with E-state index in [1.165, 1.54) is 0 Å². The fourth-order valence-corrected chi connectivity index (χ4v) is 3.51. The Morgan fingerprint density at radius 3 is 2.53 bits per heavy atom. The number of carbonyl (C=O) groups is 2. The first kappa shape index (κ1) is 19.6. The highest BCUT2D eigenvalue weighted by atomic mass is 16.5. The van der Waals surface area contributed by atoms with E-state index in [2.05, 4.69) is 10.3 Å². The summed E-state index contributed by atoms with van der Waals surface area (Å²) in [7, 11) is 0. The van der Waals surface area contributed by atoms with Crippen LogP contribution < -0.4 is 15.0 Å². The molecule has 1 aliphatic heterocycles. The van der Waals surface area contributed by atoms with Gasteiger partial charge in [-0.25, -0.2) is 4.98 Å². The molecule has 4 rings (SSSR count). The van der Waals surface area contributed by atoms with Crippen molar-refractivity contribution < 1.29 is 14.3 Å². The number of rotatable bonds is 5. The first-order valence-corrected chi connectivity index (χ1v) is 9.92. The molecule has 30 heavy (non-hydrogen) atoms. The maximum Gasteiger partial charge on any atom is 0.251 e. The Bertz CT molecular complexity index is 1040. The third-order valence-corrected chi connectivity index (χ3v) is 5.04. The lowest BCUT2D eigenvalue weighted by Gasteiger charge is -2.30. The van der Waals surface area contributed by atoms with E-state index in [0.29, 0.717) is 30.3 Å². The molecular formula is C24H23N3O3. The quantitative estimate of drug-likeness (QED) is 0.708. The second kappa shape index (κ2) is 8.78. The van der Waals surface area contributed by atoms with Crippen molar-refractivity contribution in [3.8, 4) is 5.88 Å². The molecule has 0 spiro atoms. The maximum atomic E-state index is 13.3. The van der Waals surface area contributed by atoms with Crippen molar-refractivity contribution in [3.63, 3.8) is 0 Å². The molecule has 1 aliphatic rings. The number of benzene rings is 2. The van der Waals surface area contributed by atoms with Gasteiger partial charge in [-0.1, -0.05) is 48.5 Å². The first-order valence-electron chi connectivity index (χ1n) is 9.92. The van der Waals surface area contributed by atoms with E-state index < -0.39 is 6.04 Å². The molecule has 6 nitrogen and oxygen atoms in total. The molecule has 0 bridgehead atoms. The molecule has 1 N–H and O–H groups in total. The summed E-state index contributed by atoms with van der Waals surface area (Å²) in [5, 5.41) is 3.02. The molecule has 1 aromatic heterocycles. The van der Waals surface area contributed by atoms with Gasteiger partial charge in [0.05, 0.1) is 19.0 Å². The van der Waals surface area contributed by atoms with Crippen LogP contribution in [0.1, 0.15) is 33.9 Å². The third-order valence-electron chi connectivity index (χ3n) is 5.04. The van der Waals surface area contributed by atoms with Gasteiger partial charge in [0.2, 0.25) is 11.8 Å². The number of aryl methyl sites for hydroxylation is 1. The SMILES string of the molecule is Cc1cnc2c(c1)N(C(=O)CC(NC(=O)c1ccccc1)c1ccccc1)CCO2. The summed E-state index contributed by atoms with van der Waals surface area (Å²) in [5.41, 5.74) is 3.06. The van der Waals surface area contributed by atoms with Gasteiger partial charge in [0.1, 0.15) is 12.3 Å². The van der Waals surface area contributed by atoms with Gasteiger partial charge in [-0.15, -0.1) is 0 Å². The molecule has 3 aromatic rings. The van der Waals surface area contributed by atoms with Gasteiger partial charge < -0.3 is 15.0 Å². The fourth-order valence-electron chi connectivity index (χ4n) is 3.51. The van der Waals surface area contributed by atoms with Crippen molar-refractivity contribution in [1.82, 2.24) is 10.3 Å². The van der Waals surface area contributed by atoms with E-state index in [1.807, 2.05) is 61.5 Å². The average molecular weight is 401 g/mol. The Morgan fingerprint density at radius 2 is 1.80 bits per heavy atom. The molecule has 1 unspecified atom stereocenters. The number of aromatic nitrogens is 1. The fraction of sp³-hybridized carbons (Fsp3) is 0.208. The van der Waals surface area contributed by atoms with Crippen molar-refractivity contribution in [2.75, 3.05) is 18.1 Å². The normalized spacial score (nSPS) is 13.7. The smallest absolute Gasteiger partial charge is 0.251 e. The monoisotopic (exact) mass is 401 g/mol. The Balaban J connectivity index is 1.57. The second-order valence-electron chi connectivity index (χ2n) is 7.24. The molecule has 2 amide bonds. The van der Waals surface area contributed by atoms with Crippen LogP contribution in [0.3, 0.4) is 0 Å². The number of pyridine rings is 1. The van der Waals surface area contributed by atoms with Crippen LogP contribution in [0.2, 0.25) is 0 Å². The maximum absolute atomic E-state index is 13.3. The van der Waals surface area contributed by atoms with Crippen LogP contribution >= 0.6 is 0 Å². The number of carbonyl (C=O) groups excluding carboxylic acids is 2. The standard InChI is InChI=1S/C24H23N3O3/c1-17-14-21-24(25-16-17)30-13-12-27(21)22(28)15-20(18-8-4-2-5-9-18)26-23(29)19-10-6-3-7-11-19/h2-11,14,16,20H,12-13,15H2,1H3,(H,26,29). The van der Waals surface area contributed by atoms with Crippen LogP contribution in [0.25, 0.3) is 0 Å². The van der Waals surface area contributed by atoms with Crippen molar-refractivity contribution in [2.45, 2.75) is 19.4 Å². The number of hydrogen-bond acceptors (Lipinski definition) is 4. The van der Waals surface area contributed by atoms with E-state index in [1.54, 1.807) is 23.2 Å². The predicted octanol–water partition coefficient (Wildman–Crippen LogP) is 3.68. The summed E-state index contributed by atoms with van der Waals surface area (Å²) in [6.45, 7) is 2.77. The molecule has 1 atom stereocenters. The average Bonchev–Trinajstić information content (AvgIpc) is 2.79. The zero-order chi connectivity index (χ0) is 20.9. The van der Waals surface area contributed by atoms with Crippen LogP contribution in [-0.4, -0.2) is 29.9 Å². The Morgan fingerprint density at radius 1 is 1.10 bits per heavy atom. The van der Waals surface area contributed by atoms with Crippen LogP contribution in [0.5, 0.6) is 5.88 Å². The van der Waals surface area contributed by atoms with E-state index in [4.69, 9.17) is 4.74 Å². The van der Waals surface area contributed by atoms with Gasteiger partial charge >= 0.3 is 0 Å². The number of hydrogen-bond donors (Lipinski definition) is 1. The highest BCUT2D eigenvalue weighted by molar-refractivity contribution is 5.97. The summed E-state index contributed by atoms with van der Waals surface area (Å²) >= 11 is 0. The molecule has 6 heteroatoms. The zero-order valence-corrected chi connectivity index (χ0v) is 16.7. The minimum Gasteiger partial charge on any atom is -0.474 e. The minimum absolute atomic E-state index is 0.0887. The number of nitrogens with one attached hydrogen (secondary N) is 1. The van der Waals surface area contributed by atoms with Crippen molar-refractivity contribution in [1.29, 1.82) is 0 Å². The summed E-state index contributed by atoms with van der Waals surface area (Å²) in [4.78, 5) is 32.0. The lowest BCUT2D eigenvalue weighted by atomic mass is 10.0. The van der Waals surface area contributed by atoms with E-state index in [0.717, 1.165) is 11.1 Å². The molecule has 152 valence electrons. The van der Waals surface area contributed by atoms with Crippen LogP contribution in [0, 0.1) is 6.92 Å². The Labute approximate surface area is 175 Å². The molecular weight excluding hydrogens is 378 g/mol. The number of fused-ring (bicyclic) bond motifs is 1. The second-order valence-corrected chi connectivity index (χ2v) is 7.24. The number of ether oxygens (including phenoxy) is 1. The molecule has 2 aromatic carbocycles. The number of anilines is 1. The largest absolute Gasteiger partial charge is 0.474 e.